The van der Waals surface area contributed by atoms with Crippen molar-refractivity contribution in [1.29, 1.82) is 0 Å². The number of hydrogen-bond acceptors (Lipinski definition) is 13. The van der Waals surface area contributed by atoms with Gasteiger partial charge in [-0.3, -0.25) is 47.8 Å². The van der Waals surface area contributed by atoms with Crippen molar-refractivity contribution in [3.63, 3.8) is 0 Å². The Morgan fingerprint density at radius 2 is 0.862 bits per heavy atom. The van der Waals surface area contributed by atoms with E-state index in [-0.39, 0.29) is 55.9 Å². The Hall–Kier alpha value is -6.33. The van der Waals surface area contributed by atoms with E-state index in [9.17, 15) is 66.3 Å². The summed E-state index contributed by atoms with van der Waals surface area (Å²) >= 11 is 0. The van der Waals surface area contributed by atoms with Crippen molar-refractivity contribution in [2.75, 3.05) is 21.3 Å². The molecule has 58 heavy (non-hydrogen) atoms. The Bertz CT molecular complexity index is 3000. The zero-order valence-corrected chi connectivity index (χ0v) is 32.4. The number of nitrogens with zero attached hydrogens (tertiary/aromatic N) is 4. The molecule has 8 N–H and O–H groups in total. The first-order chi connectivity index (χ1) is 26.8. The fourth-order valence-corrected chi connectivity index (χ4v) is 8.31. The highest BCUT2D eigenvalue weighted by Crippen LogP contribution is 2.31. The van der Waals surface area contributed by atoms with Crippen molar-refractivity contribution < 1.29 is 66.3 Å². The third kappa shape index (κ3) is 8.79. The number of urea groups is 1. The second-order valence-corrected chi connectivity index (χ2v) is 17.8. The maximum absolute atomic E-state index is 13.1. The SMILES string of the molecule is Cn1nc(NC(=O)Nc2cc(C(=O)Nc3ccc4cc(S(=O)(=O)O)cc(S(=O)(=O)O)c4c3)n(C)n2)cc1C(=O)Nc1ccc2cc(S(=O)(=O)O)cc(S(=O)(=O)O)c2c1. The quantitative estimate of drug-likeness (QED) is 0.0917. The molecule has 0 aliphatic carbocycles. The van der Waals surface area contributed by atoms with Gasteiger partial charge in [0, 0.05) is 48.4 Å². The molecular formula is C31H26N8O15S4. The normalized spacial score (nSPS) is 12.4. The van der Waals surface area contributed by atoms with Crippen LogP contribution < -0.4 is 21.3 Å². The molecule has 6 aromatic rings. The molecule has 0 aliphatic rings. The number of anilines is 4. The van der Waals surface area contributed by atoms with Crippen LogP contribution in [-0.2, 0) is 54.6 Å². The molecular weight excluding hydrogens is 853 g/mol. The number of amides is 4. The van der Waals surface area contributed by atoms with E-state index < -0.39 is 77.9 Å². The maximum atomic E-state index is 13.1. The molecule has 6 rings (SSSR count). The number of aromatic nitrogens is 4. The van der Waals surface area contributed by atoms with Crippen LogP contribution in [0.25, 0.3) is 21.5 Å². The first-order valence-electron chi connectivity index (χ1n) is 15.6. The van der Waals surface area contributed by atoms with Gasteiger partial charge in [-0.25, -0.2) is 4.79 Å². The van der Waals surface area contributed by atoms with Crippen LogP contribution in [-0.4, -0.2) is 89.3 Å². The smallest absolute Gasteiger partial charge is 0.321 e. The van der Waals surface area contributed by atoms with E-state index in [1.165, 1.54) is 50.5 Å². The van der Waals surface area contributed by atoms with Gasteiger partial charge >= 0.3 is 6.03 Å². The summed E-state index contributed by atoms with van der Waals surface area (Å²) in [6.07, 6.45) is 0. The minimum atomic E-state index is -5.00. The van der Waals surface area contributed by atoms with Gasteiger partial charge in [-0.1, -0.05) is 12.1 Å². The lowest BCUT2D eigenvalue weighted by atomic mass is 10.1. The van der Waals surface area contributed by atoms with Gasteiger partial charge < -0.3 is 10.6 Å². The van der Waals surface area contributed by atoms with E-state index in [2.05, 4.69) is 31.5 Å². The van der Waals surface area contributed by atoms with E-state index >= 15 is 0 Å². The monoisotopic (exact) mass is 878 g/mol. The third-order valence-electron chi connectivity index (χ3n) is 8.16. The van der Waals surface area contributed by atoms with Crippen molar-refractivity contribution >= 4 is 103 Å². The predicted molar refractivity (Wildman–Crippen MR) is 202 cm³/mol. The molecule has 27 heteroatoms. The maximum Gasteiger partial charge on any atom is 0.326 e. The largest absolute Gasteiger partial charge is 0.326 e. The number of carbonyl (C=O) groups excluding carboxylic acids is 3. The molecule has 304 valence electrons. The van der Waals surface area contributed by atoms with Gasteiger partial charge in [0.1, 0.15) is 21.2 Å². The summed E-state index contributed by atoms with van der Waals surface area (Å²) in [7, 11) is -17.0. The summed E-state index contributed by atoms with van der Waals surface area (Å²) in [5, 5.41) is 17.4. The molecule has 4 amide bonds. The van der Waals surface area contributed by atoms with Crippen LogP contribution in [0.5, 0.6) is 0 Å². The fourth-order valence-electron chi connectivity index (χ4n) is 5.61. The number of hydrogen-bond donors (Lipinski definition) is 8. The second-order valence-electron chi connectivity index (χ2n) is 12.2. The van der Waals surface area contributed by atoms with Gasteiger partial charge in [0.25, 0.3) is 52.3 Å². The van der Waals surface area contributed by atoms with E-state index in [1.807, 2.05) is 0 Å². The van der Waals surface area contributed by atoms with Crippen LogP contribution in [0.3, 0.4) is 0 Å². The topological polar surface area (TPSA) is 352 Å². The van der Waals surface area contributed by atoms with Crippen molar-refractivity contribution in [3.05, 3.63) is 84.2 Å². The standard InChI is InChI=1S/C31H26N8O15S4/c1-38-23(29(40)32-17-5-3-15-7-19(55(43,44)45)11-25(21(15)9-17)57(49,50)51)13-27(36-38)34-31(42)35-28-14-24(39(2)37-28)30(41)33-18-6-4-16-8-20(56(46,47)48)12-26(22(16)10-18)58(52,53)54/h3-14H,1-2H3,(H,32,40)(H,33,41)(H,43,44,45)(H,46,47,48)(H,49,50,51)(H,52,53,54)(H2,34,35,36,37,42). The Morgan fingerprint density at radius 3 is 1.19 bits per heavy atom. The first kappa shape index (κ1) is 41.3. The Balaban J connectivity index is 1.14. The third-order valence-corrected chi connectivity index (χ3v) is 11.6. The van der Waals surface area contributed by atoms with Crippen LogP contribution in [0.15, 0.2) is 92.4 Å². The summed E-state index contributed by atoms with van der Waals surface area (Å²) in [6, 6.07) is 11.8. The van der Waals surface area contributed by atoms with Crippen molar-refractivity contribution in [2.45, 2.75) is 19.6 Å². The predicted octanol–water partition coefficient (Wildman–Crippen LogP) is 2.60. The van der Waals surface area contributed by atoms with Gasteiger partial charge in [-0.05, 0) is 59.3 Å². The molecule has 4 aromatic carbocycles. The molecule has 0 saturated heterocycles. The van der Waals surface area contributed by atoms with Crippen LogP contribution in [0.4, 0.5) is 27.8 Å². The number of benzene rings is 4. The van der Waals surface area contributed by atoms with E-state index in [4.69, 9.17) is 0 Å². The van der Waals surface area contributed by atoms with Crippen LogP contribution in [0.1, 0.15) is 21.0 Å². The molecule has 0 radical (unpaired) electrons. The zero-order chi connectivity index (χ0) is 42.7. The highest BCUT2D eigenvalue weighted by atomic mass is 32.2. The summed E-state index contributed by atoms with van der Waals surface area (Å²) in [4.78, 5) is 35.8. The van der Waals surface area contributed by atoms with Crippen LogP contribution in [0.2, 0.25) is 0 Å². The van der Waals surface area contributed by atoms with Gasteiger partial charge in [-0.15, -0.1) is 0 Å². The Morgan fingerprint density at radius 1 is 0.500 bits per heavy atom. The van der Waals surface area contributed by atoms with Gasteiger partial charge in [0.05, 0.1) is 9.79 Å². The summed E-state index contributed by atoms with van der Waals surface area (Å²) in [5.41, 5.74) is -0.216. The summed E-state index contributed by atoms with van der Waals surface area (Å²) in [6.45, 7) is 0. The molecule has 23 nitrogen and oxygen atoms in total. The number of nitrogens with one attached hydrogen (secondary N) is 4. The zero-order valence-electron chi connectivity index (χ0n) is 29.1. The fraction of sp³-hybridized carbons (Fsp3) is 0.0645. The van der Waals surface area contributed by atoms with Crippen LogP contribution >= 0.6 is 0 Å². The lowest BCUT2D eigenvalue weighted by Gasteiger charge is -2.10. The minimum absolute atomic E-state index is 0.00295. The lowest BCUT2D eigenvalue weighted by Crippen LogP contribution is -2.20. The van der Waals surface area contributed by atoms with E-state index in [0.29, 0.717) is 12.1 Å². The molecule has 0 spiro atoms. The average molecular weight is 879 g/mol. The minimum Gasteiger partial charge on any atom is -0.321 e. The summed E-state index contributed by atoms with van der Waals surface area (Å²) in [5.74, 6) is -1.86. The van der Waals surface area contributed by atoms with Gasteiger partial charge in [-0.2, -0.15) is 43.9 Å². The molecule has 0 aliphatic heterocycles. The van der Waals surface area contributed by atoms with Gasteiger partial charge in [0.15, 0.2) is 11.6 Å². The average Bonchev–Trinajstić information content (AvgIpc) is 3.65. The number of fused-ring (bicyclic) bond motifs is 2. The lowest BCUT2D eigenvalue weighted by molar-refractivity contribution is 0.101. The van der Waals surface area contributed by atoms with E-state index in [1.54, 1.807) is 0 Å². The van der Waals surface area contributed by atoms with Crippen molar-refractivity contribution in [2.24, 2.45) is 14.1 Å². The van der Waals surface area contributed by atoms with Crippen LogP contribution in [0, 0.1) is 0 Å². The van der Waals surface area contributed by atoms with E-state index in [0.717, 1.165) is 33.6 Å². The highest BCUT2D eigenvalue weighted by molar-refractivity contribution is 7.87. The first-order valence-corrected chi connectivity index (χ1v) is 21.4. The highest BCUT2D eigenvalue weighted by Gasteiger charge is 2.24. The number of carbonyl (C=O) groups is 3. The molecule has 0 saturated carbocycles. The molecule has 2 aromatic heterocycles. The Kier molecular flexibility index (Phi) is 10.4. The molecule has 0 fully saturated rings. The number of aryl methyl sites for hydroxylation is 2. The Labute approximate surface area is 326 Å². The molecule has 2 heterocycles. The van der Waals surface area contributed by atoms with Crippen molar-refractivity contribution in [3.8, 4) is 0 Å². The molecule has 0 unspecified atom stereocenters. The molecule has 0 bridgehead atoms. The second kappa shape index (κ2) is 14.6. The summed E-state index contributed by atoms with van der Waals surface area (Å²) < 4.78 is 135. The number of rotatable bonds is 10. The molecule has 0 atom stereocenters. The van der Waals surface area contributed by atoms with Gasteiger partial charge in [0.2, 0.25) is 0 Å². The van der Waals surface area contributed by atoms with Crippen molar-refractivity contribution in [1.82, 2.24) is 19.6 Å².